The maximum atomic E-state index is 6.43. The third-order valence-electron chi connectivity index (χ3n) is 8.67. The topological polar surface area (TPSA) is 52.4 Å². The van der Waals surface area contributed by atoms with Crippen molar-refractivity contribution in [2.24, 2.45) is 0 Å². The summed E-state index contributed by atoms with van der Waals surface area (Å²) in [5.41, 5.74) is 6.88. The van der Waals surface area contributed by atoms with Crippen molar-refractivity contribution in [1.82, 2.24) is 14.5 Å². The van der Waals surface area contributed by atoms with Crippen molar-refractivity contribution in [2.75, 3.05) is 4.90 Å². The van der Waals surface area contributed by atoms with Crippen LogP contribution in [0, 0.1) is 0 Å². The smallest absolute Gasteiger partial charge is 0.400 e. The summed E-state index contributed by atoms with van der Waals surface area (Å²) in [7, 11) is -0.367. The minimum atomic E-state index is -0.381. The highest BCUT2D eigenvalue weighted by atomic mass is 16.7. The van der Waals surface area contributed by atoms with Crippen LogP contribution in [0.25, 0.3) is 22.9 Å². The van der Waals surface area contributed by atoms with Gasteiger partial charge in [0, 0.05) is 16.8 Å². The molecule has 0 bridgehead atoms. The summed E-state index contributed by atoms with van der Waals surface area (Å²) >= 11 is 0. The van der Waals surface area contributed by atoms with Crippen molar-refractivity contribution in [3.63, 3.8) is 0 Å². The number of fused-ring (bicyclic) bond motifs is 3. The van der Waals surface area contributed by atoms with Crippen molar-refractivity contribution in [3.8, 4) is 5.95 Å². The highest BCUT2D eigenvalue weighted by Crippen LogP contribution is 2.42. The Morgan fingerprint density at radius 3 is 1.88 bits per heavy atom. The van der Waals surface area contributed by atoms with Crippen LogP contribution in [0.3, 0.4) is 0 Å². The van der Waals surface area contributed by atoms with E-state index in [0.717, 1.165) is 46.6 Å². The van der Waals surface area contributed by atoms with Gasteiger partial charge in [0.2, 0.25) is 5.95 Å². The van der Waals surface area contributed by atoms with Gasteiger partial charge in [-0.15, -0.1) is 0 Å². The van der Waals surface area contributed by atoms with Gasteiger partial charge in [-0.3, -0.25) is 4.57 Å². The molecule has 0 unspecified atom stereocenters. The van der Waals surface area contributed by atoms with Gasteiger partial charge in [0.25, 0.3) is 0 Å². The second kappa shape index (κ2) is 9.72. The maximum Gasteiger partial charge on any atom is 0.490 e. The fraction of sp³-hybridized carbons (Fsp3) is 0.235. The zero-order valence-corrected chi connectivity index (χ0v) is 23.9. The third-order valence-corrected chi connectivity index (χ3v) is 8.67. The van der Waals surface area contributed by atoms with Crippen LogP contribution in [-0.2, 0) is 15.7 Å². The summed E-state index contributed by atoms with van der Waals surface area (Å²) in [6, 6.07) is 29.1. The highest BCUT2D eigenvalue weighted by Gasteiger charge is 2.52. The van der Waals surface area contributed by atoms with Gasteiger partial charge in [-0.2, -0.15) is 0 Å². The largest absolute Gasteiger partial charge is 0.490 e. The van der Waals surface area contributed by atoms with E-state index in [4.69, 9.17) is 19.3 Å². The molecule has 0 radical (unpaired) electrons. The second-order valence-corrected chi connectivity index (χ2v) is 11.8. The molecule has 2 aliphatic rings. The summed E-state index contributed by atoms with van der Waals surface area (Å²) in [4.78, 5) is 12.0. The molecule has 6 nitrogen and oxygen atoms in total. The van der Waals surface area contributed by atoms with Gasteiger partial charge in [0.05, 0.1) is 40.5 Å². The SMILES string of the molecule is CC1(C)OB(C2=Cc3c(c4ccccc4n3-c3ncc(N(c4ccccc4)c4ccccc4)cn3)CC2)OC1(C)C. The molecule has 7 rings (SSSR count). The molecule has 2 aromatic heterocycles. The van der Waals surface area contributed by atoms with Gasteiger partial charge >= 0.3 is 7.12 Å². The monoisotopic (exact) mass is 540 g/mol. The first-order valence-corrected chi connectivity index (χ1v) is 14.2. The number of para-hydroxylation sites is 3. The van der Waals surface area contributed by atoms with E-state index < -0.39 is 0 Å². The van der Waals surface area contributed by atoms with E-state index in [0.29, 0.717) is 5.95 Å². The lowest BCUT2D eigenvalue weighted by Gasteiger charge is -2.32. The molecule has 7 heteroatoms. The quantitative estimate of drug-likeness (QED) is 0.213. The van der Waals surface area contributed by atoms with E-state index in [1.54, 1.807) is 0 Å². The van der Waals surface area contributed by atoms with E-state index in [2.05, 4.69) is 91.8 Å². The van der Waals surface area contributed by atoms with Gasteiger partial charge in [0.1, 0.15) is 0 Å². The number of benzene rings is 3. The van der Waals surface area contributed by atoms with Gasteiger partial charge in [-0.1, -0.05) is 54.6 Å². The zero-order chi connectivity index (χ0) is 28.2. The molecule has 0 atom stereocenters. The Balaban J connectivity index is 1.32. The van der Waals surface area contributed by atoms with Crippen LogP contribution in [0.4, 0.5) is 17.1 Å². The van der Waals surface area contributed by atoms with Gasteiger partial charge in [-0.25, -0.2) is 9.97 Å². The first-order chi connectivity index (χ1) is 19.8. The average Bonchev–Trinajstić information content (AvgIpc) is 3.43. The van der Waals surface area contributed by atoms with E-state index >= 15 is 0 Å². The summed E-state index contributed by atoms with van der Waals surface area (Å²) < 4.78 is 15.0. The minimum absolute atomic E-state index is 0.367. The summed E-state index contributed by atoms with van der Waals surface area (Å²) in [6.45, 7) is 8.40. The van der Waals surface area contributed by atoms with Crippen LogP contribution in [0.1, 0.15) is 45.4 Å². The van der Waals surface area contributed by atoms with Crippen molar-refractivity contribution >= 4 is 41.2 Å². The molecule has 0 N–H and O–H groups in total. The molecule has 204 valence electrons. The number of nitrogens with zero attached hydrogens (tertiary/aromatic N) is 4. The lowest BCUT2D eigenvalue weighted by Crippen LogP contribution is -2.41. The Hall–Kier alpha value is -4.20. The Morgan fingerprint density at radius 1 is 0.707 bits per heavy atom. The number of hydrogen-bond donors (Lipinski definition) is 0. The molecule has 0 amide bonds. The number of aromatic nitrogens is 3. The number of anilines is 3. The second-order valence-electron chi connectivity index (χ2n) is 11.8. The van der Waals surface area contributed by atoms with Crippen LogP contribution in [-0.4, -0.2) is 32.9 Å². The van der Waals surface area contributed by atoms with E-state index in [-0.39, 0.29) is 18.3 Å². The predicted molar refractivity (Wildman–Crippen MR) is 166 cm³/mol. The molecular weight excluding hydrogens is 507 g/mol. The van der Waals surface area contributed by atoms with Crippen LogP contribution in [0.5, 0.6) is 0 Å². The lowest BCUT2D eigenvalue weighted by molar-refractivity contribution is 0.00578. The minimum Gasteiger partial charge on any atom is -0.400 e. The van der Waals surface area contributed by atoms with E-state index in [1.807, 2.05) is 48.8 Å². The Kier molecular flexibility index (Phi) is 6.10. The molecule has 3 aromatic carbocycles. The van der Waals surface area contributed by atoms with Crippen LogP contribution < -0.4 is 4.90 Å². The van der Waals surface area contributed by atoms with Crippen LogP contribution in [0.15, 0.2) is 103 Å². The predicted octanol–water partition coefficient (Wildman–Crippen LogP) is 7.85. The first kappa shape index (κ1) is 25.8. The van der Waals surface area contributed by atoms with Gasteiger partial charge < -0.3 is 14.2 Å². The third kappa shape index (κ3) is 4.37. The molecule has 5 aromatic rings. The highest BCUT2D eigenvalue weighted by molar-refractivity contribution is 6.55. The fourth-order valence-electron chi connectivity index (χ4n) is 5.80. The molecule has 1 aliphatic heterocycles. The number of rotatable bonds is 5. The number of allylic oxidation sites excluding steroid dienone is 1. The molecule has 1 fully saturated rings. The molecular formula is C34H33BN4O2. The molecule has 1 aliphatic carbocycles. The van der Waals surface area contributed by atoms with E-state index in [9.17, 15) is 0 Å². The molecule has 0 saturated carbocycles. The van der Waals surface area contributed by atoms with E-state index in [1.165, 1.54) is 10.9 Å². The molecule has 41 heavy (non-hydrogen) atoms. The number of hydrogen-bond acceptors (Lipinski definition) is 5. The molecule has 3 heterocycles. The molecule has 0 spiro atoms. The number of aryl methyl sites for hydroxylation is 1. The van der Waals surface area contributed by atoms with Crippen molar-refractivity contribution < 1.29 is 9.31 Å². The maximum absolute atomic E-state index is 6.43. The summed E-state index contributed by atoms with van der Waals surface area (Å²) in [6.07, 6.45) is 7.85. The normalized spacial score (nSPS) is 17.4. The fourth-order valence-corrected chi connectivity index (χ4v) is 5.80. The Bertz CT molecular complexity index is 1690. The average molecular weight is 540 g/mol. The van der Waals surface area contributed by atoms with Gasteiger partial charge in [-0.05, 0) is 88.0 Å². The Labute approximate surface area is 241 Å². The lowest BCUT2D eigenvalue weighted by atomic mass is 9.72. The van der Waals surface area contributed by atoms with Crippen LogP contribution in [0.2, 0.25) is 0 Å². The zero-order valence-electron chi connectivity index (χ0n) is 23.9. The Morgan fingerprint density at radius 2 is 1.27 bits per heavy atom. The van der Waals surface area contributed by atoms with Gasteiger partial charge in [0.15, 0.2) is 0 Å². The van der Waals surface area contributed by atoms with Crippen LogP contribution >= 0.6 is 0 Å². The first-order valence-electron chi connectivity index (χ1n) is 14.2. The molecule has 1 saturated heterocycles. The van der Waals surface area contributed by atoms with Crippen molar-refractivity contribution in [1.29, 1.82) is 0 Å². The summed E-state index contributed by atoms with van der Waals surface area (Å²) in [5.74, 6) is 0.638. The standard InChI is InChI=1S/C34H33BN4O2/c1-33(2)34(3,4)41-35(40-33)24-19-20-29-28-17-11-12-18-30(28)39(31(29)21-24)32-36-22-27(23-37-32)38(25-13-7-5-8-14-25)26-15-9-6-10-16-26/h5-18,21-23H,19-20H2,1-4H3. The summed E-state index contributed by atoms with van der Waals surface area (Å²) in [5, 5.41) is 1.23. The van der Waals surface area contributed by atoms with Crippen molar-refractivity contribution in [3.05, 3.63) is 114 Å². The van der Waals surface area contributed by atoms with Crippen molar-refractivity contribution in [2.45, 2.75) is 51.7 Å².